The fraction of sp³-hybridized carbons (Fsp3) is 0.680. The smallest absolute Gasteiger partial charge is 0.248 e. The molecule has 2 fully saturated rings. The third kappa shape index (κ3) is 6.37. The van der Waals surface area contributed by atoms with Gasteiger partial charge in [0.25, 0.3) is 0 Å². The highest BCUT2D eigenvalue weighted by Crippen LogP contribution is 2.27. The Labute approximate surface area is 215 Å². The van der Waals surface area contributed by atoms with E-state index < -0.39 is 10.0 Å². The number of carbonyl (C=O) groups excluding carboxylic acids is 2. The predicted molar refractivity (Wildman–Crippen MR) is 136 cm³/mol. The number of amides is 2. The molecule has 0 aromatic heterocycles. The molecule has 0 saturated carbocycles. The van der Waals surface area contributed by atoms with Crippen molar-refractivity contribution in [3.05, 3.63) is 23.3 Å². The minimum atomic E-state index is -3.72. The first-order chi connectivity index (χ1) is 16.9. The first-order valence-corrected chi connectivity index (χ1v) is 13.8. The molecule has 2 saturated heterocycles. The lowest BCUT2D eigenvalue weighted by molar-refractivity contribution is -0.146. The van der Waals surface area contributed by atoms with Crippen molar-refractivity contribution in [3.63, 3.8) is 0 Å². The standard InChI is InChI=1S/C25H40N4O6S/c1-18-12-22(34-6)13-19(2)24(18)36(32,33)27(4)10-11-35-17-23(30)28(5)21-8-7-9-29(16-21)25(31)20-14-26(3)15-20/h12-13,20-21H,7-11,14-17H2,1-6H3. The molecule has 0 aliphatic carbocycles. The van der Waals surface area contributed by atoms with Gasteiger partial charge in [-0.05, 0) is 57.0 Å². The summed E-state index contributed by atoms with van der Waals surface area (Å²) in [5, 5.41) is 0. The molecule has 2 aliphatic heterocycles. The van der Waals surface area contributed by atoms with E-state index in [2.05, 4.69) is 4.90 Å². The van der Waals surface area contributed by atoms with Gasteiger partial charge < -0.3 is 24.2 Å². The Balaban J connectivity index is 1.47. The number of benzene rings is 1. The average molecular weight is 525 g/mol. The van der Waals surface area contributed by atoms with Gasteiger partial charge in [0.2, 0.25) is 21.8 Å². The van der Waals surface area contributed by atoms with Crippen molar-refractivity contribution in [1.82, 2.24) is 19.0 Å². The van der Waals surface area contributed by atoms with Crippen LogP contribution < -0.4 is 4.74 Å². The minimum Gasteiger partial charge on any atom is -0.497 e. The Morgan fingerprint density at radius 1 is 1.11 bits per heavy atom. The summed E-state index contributed by atoms with van der Waals surface area (Å²) in [6.45, 7) is 6.43. The van der Waals surface area contributed by atoms with E-state index in [1.54, 1.807) is 45.0 Å². The van der Waals surface area contributed by atoms with Crippen LogP contribution in [0.4, 0.5) is 0 Å². The van der Waals surface area contributed by atoms with E-state index in [0.717, 1.165) is 32.5 Å². The van der Waals surface area contributed by atoms with Gasteiger partial charge in [0, 0.05) is 52.9 Å². The second kappa shape index (κ2) is 11.9. The highest BCUT2D eigenvalue weighted by Gasteiger charge is 2.36. The highest BCUT2D eigenvalue weighted by molar-refractivity contribution is 7.89. The largest absolute Gasteiger partial charge is 0.497 e. The predicted octanol–water partition coefficient (Wildman–Crippen LogP) is 0.960. The third-order valence-corrected chi connectivity index (χ3v) is 9.34. The number of methoxy groups -OCH3 is 1. The molecule has 1 aromatic carbocycles. The summed E-state index contributed by atoms with van der Waals surface area (Å²) >= 11 is 0. The molecular weight excluding hydrogens is 484 g/mol. The molecule has 202 valence electrons. The van der Waals surface area contributed by atoms with Crippen LogP contribution >= 0.6 is 0 Å². The Morgan fingerprint density at radius 3 is 2.33 bits per heavy atom. The summed E-state index contributed by atoms with van der Waals surface area (Å²) in [4.78, 5) is 31.4. The summed E-state index contributed by atoms with van der Waals surface area (Å²) in [7, 11) is 3.07. The molecular formula is C25H40N4O6S. The van der Waals surface area contributed by atoms with E-state index in [-0.39, 0.29) is 48.4 Å². The monoisotopic (exact) mass is 524 g/mol. The molecule has 0 N–H and O–H groups in total. The van der Waals surface area contributed by atoms with Gasteiger partial charge in [-0.3, -0.25) is 9.59 Å². The summed E-state index contributed by atoms with van der Waals surface area (Å²) in [5.41, 5.74) is 1.22. The van der Waals surface area contributed by atoms with Crippen LogP contribution in [0.2, 0.25) is 0 Å². The molecule has 10 nitrogen and oxygen atoms in total. The van der Waals surface area contributed by atoms with Crippen molar-refractivity contribution in [1.29, 1.82) is 0 Å². The lowest BCUT2D eigenvalue weighted by atomic mass is 9.96. The highest BCUT2D eigenvalue weighted by atomic mass is 32.2. The van der Waals surface area contributed by atoms with E-state index in [1.807, 2.05) is 11.9 Å². The maximum absolute atomic E-state index is 13.1. The number of sulfonamides is 1. The van der Waals surface area contributed by atoms with Gasteiger partial charge in [-0.2, -0.15) is 4.31 Å². The summed E-state index contributed by atoms with van der Waals surface area (Å²) < 4.78 is 38.2. The number of rotatable bonds is 10. The second-order valence-corrected chi connectivity index (χ2v) is 12.0. The van der Waals surface area contributed by atoms with Gasteiger partial charge in [-0.15, -0.1) is 0 Å². The van der Waals surface area contributed by atoms with E-state index in [1.165, 1.54) is 11.4 Å². The van der Waals surface area contributed by atoms with Crippen molar-refractivity contribution in [2.75, 3.05) is 74.2 Å². The van der Waals surface area contributed by atoms with Gasteiger partial charge in [-0.25, -0.2) is 8.42 Å². The number of aryl methyl sites for hydroxylation is 2. The van der Waals surface area contributed by atoms with Gasteiger partial charge in [0.1, 0.15) is 12.4 Å². The van der Waals surface area contributed by atoms with Crippen LogP contribution in [-0.4, -0.2) is 119 Å². The van der Waals surface area contributed by atoms with Gasteiger partial charge >= 0.3 is 0 Å². The number of hydrogen-bond acceptors (Lipinski definition) is 7. The topological polar surface area (TPSA) is 99.7 Å². The Hall–Kier alpha value is -2.21. The molecule has 11 heteroatoms. The van der Waals surface area contributed by atoms with Crippen LogP contribution in [0.25, 0.3) is 0 Å². The number of ether oxygens (including phenoxy) is 2. The second-order valence-electron chi connectivity index (χ2n) is 9.97. The van der Waals surface area contributed by atoms with Crippen molar-refractivity contribution in [3.8, 4) is 5.75 Å². The Kier molecular flexibility index (Phi) is 9.37. The van der Waals surface area contributed by atoms with E-state index in [9.17, 15) is 18.0 Å². The van der Waals surface area contributed by atoms with Crippen LogP contribution in [-0.2, 0) is 24.3 Å². The molecule has 1 atom stereocenters. The molecule has 2 aliphatic rings. The SMILES string of the molecule is COc1cc(C)c(S(=O)(=O)N(C)CCOCC(=O)N(C)C2CCCN(C(=O)C3CN(C)C3)C2)c(C)c1. The van der Waals surface area contributed by atoms with E-state index in [4.69, 9.17) is 9.47 Å². The first kappa shape index (κ1) is 28.4. The molecule has 0 spiro atoms. The first-order valence-electron chi connectivity index (χ1n) is 12.4. The maximum Gasteiger partial charge on any atom is 0.248 e. The molecule has 2 heterocycles. The van der Waals surface area contributed by atoms with Crippen LogP contribution in [0.5, 0.6) is 5.75 Å². The number of hydrogen-bond donors (Lipinski definition) is 0. The van der Waals surface area contributed by atoms with Crippen molar-refractivity contribution >= 4 is 21.8 Å². The zero-order valence-electron chi connectivity index (χ0n) is 22.3. The third-order valence-electron chi connectivity index (χ3n) is 7.18. The van der Waals surface area contributed by atoms with Crippen molar-refractivity contribution < 1.29 is 27.5 Å². The number of nitrogens with zero attached hydrogens (tertiary/aromatic N) is 4. The minimum absolute atomic E-state index is 0.0410. The molecule has 36 heavy (non-hydrogen) atoms. The molecule has 1 unspecified atom stereocenters. The zero-order chi connectivity index (χ0) is 26.6. The van der Waals surface area contributed by atoms with E-state index >= 15 is 0 Å². The lowest BCUT2D eigenvalue weighted by Crippen LogP contribution is -2.57. The van der Waals surface area contributed by atoms with Crippen molar-refractivity contribution in [2.24, 2.45) is 5.92 Å². The van der Waals surface area contributed by atoms with E-state index in [0.29, 0.717) is 23.4 Å². The summed E-state index contributed by atoms with van der Waals surface area (Å²) in [6, 6.07) is 3.35. The van der Waals surface area contributed by atoms with Crippen LogP contribution in [0.15, 0.2) is 17.0 Å². The maximum atomic E-state index is 13.1. The zero-order valence-corrected chi connectivity index (χ0v) is 23.1. The summed E-state index contributed by atoms with van der Waals surface area (Å²) in [5.74, 6) is 0.682. The van der Waals surface area contributed by atoms with Gasteiger partial charge in [0.05, 0.1) is 24.5 Å². The molecule has 1 aromatic rings. The van der Waals surface area contributed by atoms with Crippen LogP contribution in [0.1, 0.15) is 24.0 Å². The lowest BCUT2D eigenvalue weighted by Gasteiger charge is -2.42. The Morgan fingerprint density at radius 2 is 1.75 bits per heavy atom. The summed E-state index contributed by atoms with van der Waals surface area (Å²) in [6.07, 6.45) is 1.71. The fourth-order valence-electron chi connectivity index (χ4n) is 4.95. The van der Waals surface area contributed by atoms with Gasteiger partial charge in [0.15, 0.2) is 0 Å². The van der Waals surface area contributed by atoms with Crippen LogP contribution in [0, 0.1) is 19.8 Å². The molecule has 2 amide bonds. The number of piperidine rings is 1. The quantitative estimate of drug-likeness (QED) is 0.421. The molecule has 3 rings (SSSR count). The van der Waals surface area contributed by atoms with Gasteiger partial charge in [-0.1, -0.05) is 0 Å². The number of likely N-dealkylation sites (tertiary alicyclic amines) is 2. The fourth-order valence-corrected chi connectivity index (χ4v) is 6.51. The van der Waals surface area contributed by atoms with Crippen molar-refractivity contribution in [2.45, 2.75) is 37.6 Å². The molecule has 0 radical (unpaired) electrons. The normalized spacial score (nSPS) is 19.3. The average Bonchev–Trinajstić information content (AvgIpc) is 2.82. The number of likely N-dealkylation sites (N-methyl/N-ethyl adjacent to an activating group) is 2. The Bertz CT molecular complexity index is 1030. The number of carbonyl (C=O) groups is 2. The molecule has 0 bridgehead atoms. The van der Waals surface area contributed by atoms with Crippen LogP contribution in [0.3, 0.4) is 0 Å².